The summed E-state index contributed by atoms with van der Waals surface area (Å²) in [5.41, 5.74) is 3.79. The van der Waals surface area contributed by atoms with E-state index in [1.165, 1.54) is 0 Å². The molecule has 1 aromatic carbocycles. The number of esters is 1. The number of carbonyl (C=O) groups excluding carboxylic acids is 2. The number of ether oxygens (including phenoxy) is 2. The molecule has 6 heteroatoms. The van der Waals surface area contributed by atoms with Crippen molar-refractivity contribution in [3.8, 4) is 5.75 Å². The van der Waals surface area contributed by atoms with Gasteiger partial charge in [0, 0.05) is 5.71 Å². The van der Waals surface area contributed by atoms with Crippen molar-refractivity contribution in [2.75, 3.05) is 13.2 Å². The number of amides is 1. The van der Waals surface area contributed by atoms with E-state index >= 15 is 0 Å². The zero-order valence-corrected chi connectivity index (χ0v) is 13.9. The molecule has 23 heavy (non-hydrogen) atoms. The maximum atomic E-state index is 11.6. The normalized spacial score (nSPS) is 11.0. The molecular formula is C17H24N2O4. The van der Waals surface area contributed by atoms with Crippen LogP contribution in [0.25, 0.3) is 0 Å². The molecule has 0 aromatic heterocycles. The molecule has 0 aliphatic heterocycles. The average molecular weight is 320 g/mol. The maximum absolute atomic E-state index is 11.6. The van der Waals surface area contributed by atoms with Crippen molar-refractivity contribution < 1.29 is 19.1 Å². The monoisotopic (exact) mass is 320 g/mol. The van der Waals surface area contributed by atoms with Crippen LogP contribution < -0.4 is 10.2 Å². The SMILES string of the molecule is CCCC/C(C)=N/NC(=O)COc1ccc(C(=O)OCC)cc1. The summed E-state index contributed by atoms with van der Waals surface area (Å²) in [6.07, 6.45) is 3.01. The molecular weight excluding hydrogens is 296 g/mol. The summed E-state index contributed by atoms with van der Waals surface area (Å²) in [5, 5.41) is 4.01. The molecule has 0 aliphatic rings. The van der Waals surface area contributed by atoms with Crippen LogP contribution in [0.2, 0.25) is 0 Å². The first-order valence-electron chi connectivity index (χ1n) is 7.78. The third-order valence-electron chi connectivity index (χ3n) is 3.00. The molecule has 0 saturated heterocycles. The Balaban J connectivity index is 2.40. The van der Waals surface area contributed by atoms with Gasteiger partial charge in [-0.15, -0.1) is 0 Å². The number of nitrogens with zero attached hydrogens (tertiary/aromatic N) is 1. The minimum absolute atomic E-state index is 0.136. The minimum atomic E-state index is -0.381. The van der Waals surface area contributed by atoms with Crippen molar-refractivity contribution in [3.63, 3.8) is 0 Å². The summed E-state index contributed by atoms with van der Waals surface area (Å²) in [5.74, 6) is -0.205. The number of hydrazone groups is 1. The van der Waals surface area contributed by atoms with Crippen molar-refractivity contribution in [1.82, 2.24) is 5.43 Å². The first-order chi connectivity index (χ1) is 11.1. The van der Waals surface area contributed by atoms with E-state index in [0.29, 0.717) is 17.9 Å². The largest absolute Gasteiger partial charge is 0.484 e. The summed E-state index contributed by atoms with van der Waals surface area (Å²) >= 11 is 0. The second kappa shape index (κ2) is 10.4. The van der Waals surface area contributed by atoms with Crippen molar-refractivity contribution in [1.29, 1.82) is 0 Å². The standard InChI is InChI=1S/C17H24N2O4/c1-4-6-7-13(3)18-19-16(20)12-23-15-10-8-14(9-11-15)17(21)22-5-2/h8-11H,4-7,12H2,1-3H3,(H,19,20)/b18-13+. The van der Waals surface area contributed by atoms with E-state index in [1.54, 1.807) is 31.2 Å². The van der Waals surface area contributed by atoms with Crippen LogP contribution in [0.1, 0.15) is 50.4 Å². The van der Waals surface area contributed by atoms with Crippen molar-refractivity contribution in [2.45, 2.75) is 40.0 Å². The molecule has 0 radical (unpaired) electrons. The Morgan fingerprint density at radius 1 is 1.17 bits per heavy atom. The highest BCUT2D eigenvalue weighted by molar-refractivity contribution is 5.89. The molecule has 0 fully saturated rings. The van der Waals surface area contributed by atoms with Gasteiger partial charge in [-0.2, -0.15) is 5.10 Å². The van der Waals surface area contributed by atoms with E-state index in [2.05, 4.69) is 17.5 Å². The molecule has 0 bridgehead atoms. The molecule has 126 valence electrons. The van der Waals surface area contributed by atoms with Gasteiger partial charge in [0.15, 0.2) is 6.61 Å². The second-order valence-corrected chi connectivity index (χ2v) is 5.02. The molecule has 1 rings (SSSR count). The van der Waals surface area contributed by atoms with Crippen LogP contribution in [-0.4, -0.2) is 30.8 Å². The lowest BCUT2D eigenvalue weighted by molar-refractivity contribution is -0.123. The lowest BCUT2D eigenvalue weighted by Gasteiger charge is -2.07. The van der Waals surface area contributed by atoms with E-state index < -0.39 is 0 Å². The third kappa shape index (κ3) is 7.44. The highest BCUT2D eigenvalue weighted by atomic mass is 16.5. The van der Waals surface area contributed by atoms with Crippen LogP contribution in [0.3, 0.4) is 0 Å². The van der Waals surface area contributed by atoms with Gasteiger partial charge in [-0.25, -0.2) is 10.2 Å². The van der Waals surface area contributed by atoms with Crippen LogP contribution in [0.4, 0.5) is 0 Å². The van der Waals surface area contributed by atoms with Crippen LogP contribution in [0, 0.1) is 0 Å². The van der Waals surface area contributed by atoms with Gasteiger partial charge in [-0.1, -0.05) is 13.3 Å². The fourth-order valence-electron chi connectivity index (χ4n) is 1.73. The van der Waals surface area contributed by atoms with Gasteiger partial charge in [0.25, 0.3) is 5.91 Å². The lowest BCUT2D eigenvalue weighted by atomic mass is 10.2. The van der Waals surface area contributed by atoms with Gasteiger partial charge >= 0.3 is 5.97 Å². The maximum Gasteiger partial charge on any atom is 0.338 e. The molecule has 1 aromatic rings. The Morgan fingerprint density at radius 2 is 1.87 bits per heavy atom. The highest BCUT2D eigenvalue weighted by Gasteiger charge is 2.07. The average Bonchev–Trinajstić information content (AvgIpc) is 2.56. The molecule has 0 spiro atoms. The summed E-state index contributed by atoms with van der Waals surface area (Å²) in [7, 11) is 0. The van der Waals surface area contributed by atoms with E-state index in [1.807, 2.05) is 6.92 Å². The molecule has 1 amide bonds. The van der Waals surface area contributed by atoms with Crippen LogP contribution >= 0.6 is 0 Å². The zero-order chi connectivity index (χ0) is 17.1. The summed E-state index contributed by atoms with van der Waals surface area (Å²) in [6.45, 7) is 5.93. The minimum Gasteiger partial charge on any atom is -0.484 e. The Kier molecular flexibility index (Phi) is 8.42. The van der Waals surface area contributed by atoms with Crippen LogP contribution in [0.5, 0.6) is 5.75 Å². The predicted molar refractivity (Wildman–Crippen MR) is 88.7 cm³/mol. The predicted octanol–water partition coefficient (Wildman–Crippen LogP) is 2.92. The highest BCUT2D eigenvalue weighted by Crippen LogP contribution is 2.12. The molecule has 0 unspecified atom stereocenters. The smallest absolute Gasteiger partial charge is 0.338 e. The van der Waals surface area contributed by atoms with Crippen molar-refractivity contribution in [3.05, 3.63) is 29.8 Å². The molecule has 0 atom stereocenters. The van der Waals surface area contributed by atoms with E-state index in [9.17, 15) is 9.59 Å². The summed E-state index contributed by atoms with van der Waals surface area (Å²) < 4.78 is 10.2. The number of benzene rings is 1. The van der Waals surface area contributed by atoms with Crippen LogP contribution in [-0.2, 0) is 9.53 Å². The van der Waals surface area contributed by atoms with Gasteiger partial charge in [0.1, 0.15) is 5.75 Å². The number of hydrogen-bond acceptors (Lipinski definition) is 5. The second-order valence-electron chi connectivity index (χ2n) is 5.02. The third-order valence-corrected chi connectivity index (χ3v) is 3.00. The molecule has 0 heterocycles. The first kappa shape index (κ1) is 18.7. The molecule has 1 N–H and O–H groups in total. The topological polar surface area (TPSA) is 77.0 Å². The Morgan fingerprint density at radius 3 is 2.48 bits per heavy atom. The first-order valence-corrected chi connectivity index (χ1v) is 7.78. The van der Waals surface area contributed by atoms with Gasteiger partial charge in [-0.05, 0) is 51.0 Å². The Labute approximate surface area is 136 Å². The Hall–Kier alpha value is -2.37. The molecule has 6 nitrogen and oxygen atoms in total. The number of hydrogen-bond donors (Lipinski definition) is 1. The van der Waals surface area contributed by atoms with Crippen molar-refractivity contribution >= 4 is 17.6 Å². The lowest BCUT2D eigenvalue weighted by Crippen LogP contribution is -2.25. The van der Waals surface area contributed by atoms with Gasteiger partial charge in [0.05, 0.1) is 12.2 Å². The fraction of sp³-hybridized carbons (Fsp3) is 0.471. The molecule has 0 saturated carbocycles. The number of unbranched alkanes of at least 4 members (excludes halogenated alkanes) is 1. The Bertz CT molecular complexity index is 538. The van der Waals surface area contributed by atoms with E-state index in [-0.39, 0.29) is 18.5 Å². The van der Waals surface area contributed by atoms with Gasteiger partial charge < -0.3 is 9.47 Å². The van der Waals surface area contributed by atoms with Gasteiger partial charge in [0.2, 0.25) is 0 Å². The fourth-order valence-corrected chi connectivity index (χ4v) is 1.73. The quantitative estimate of drug-likeness (QED) is 0.431. The van der Waals surface area contributed by atoms with Crippen LogP contribution in [0.15, 0.2) is 29.4 Å². The van der Waals surface area contributed by atoms with E-state index in [4.69, 9.17) is 9.47 Å². The summed E-state index contributed by atoms with van der Waals surface area (Å²) in [6, 6.07) is 6.43. The number of nitrogens with one attached hydrogen (secondary N) is 1. The van der Waals surface area contributed by atoms with Gasteiger partial charge in [-0.3, -0.25) is 4.79 Å². The molecule has 0 aliphatic carbocycles. The number of rotatable bonds is 9. The number of carbonyl (C=O) groups is 2. The van der Waals surface area contributed by atoms with E-state index in [0.717, 1.165) is 25.0 Å². The zero-order valence-electron chi connectivity index (χ0n) is 13.9. The summed E-state index contributed by atoms with van der Waals surface area (Å²) in [4.78, 5) is 23.1. The van der Waals surface area contributed by atoms with Crippen molar-refractivity contribution in [2.24, 2.45) is 5.10 Å².